The van der Waals surface area contributed by atoms with Crippen LogP contribution in [-0.2, 0) is 12.4 Å². The first-order valence-electron chi connectivity index (χ1n) is 25.3. The number of alkyl halides is 6. The number of fused-ring (bicyclic) bond motifs is 6. The van der Waals surface area contributed by atoms with Crippen LogP contribution in [0.5, 0.6) is 0 Å². The van der Waals surface area contributed by atoms with Gasteiger partial charge in [-0.2, -0.15) is 31.6 Å². The molecule has 0 fully saturated rings. The lowest BCUT2D eigenvalue weighted by Crippen LogP contribution is -2.11. The van der Waals surface area contributed by atoms with Gasteiger partial charge >= 0.3 is 12.4 Å². The zero-order valence-electron chi connectivity index (χ0n) is 41.3. The summed E-state index contributed by atoms with van der Waals surface area (Å²) in [6, 6.07) is 79.8. The zero-order chi connectivity index (χ0) is 53.3. The van der Waals surface area contributed by atoms with E-state index in [1.807, 2.05) is 133 Å². The SMILES string of the molecule is N#Cc1ccc(-n2c3ccc(-c4ccccc4)cc3c3cc(-c4ccccc4)ccc32)cc1-c1cc(-c2cc(C(F)(F)F)cc(C(F)(F)F)c2)ccc1-n1c2ccc(-c3ccccc3)cc2c2cc(-c3ccccc3)ccc21. The van der Waals surface area contributed by atoms with E-state index in [0.717, 1.165) is 100 Å². The molecule has 0 saturated heterocycles. The second-order valence-corrected chi connectivity index (χ2v) is 19.4. The molecule has 0 saturated carbocycles. The lowest BCUT2D eigenvalue weighted by molar-refractivity contribution is -0.143. The number of hydrogen-bond donors (Lipinski definition) is 0. The summed E-state index contributed by atoms with van der Waals surface area (Å²) in [5, 5.41) is 14.9. The van der Waals surface area contributed by atoms with E-state index in [1.165, 1.54) is 0 Å². The molecule has 0 bridgehead atoms. The van der Waals surface area contributed by atoms with E-state index in [0.29, 0.717) is 22.5 Å². The number of rotatable bonds is 8. The van der Waals surface area contributed by atoms with Gasteiger partial charge in [-0.3, -0.25) is 0 Å². The van der Waals surface area contributed by atoms with Gasteiger partial charge in [0.2, 0.25) is 0 Å². The number of hydrogen-bond acceptors (Lipinski definition) is 1. The highest BCUT2D eigenvalue weighted by Gasteiger charge is 2.37. The standard InChI is InChI=1S/C69H41F6N3/c70-68(71,72)54-33-53(34-55(40-54)69(73,74)75)51-26-32-65(78-66-30-24-49(45-17-9-3-10-18-45)37-61(66)62-38-50(25-31-67(62)78)46-19-11-4-12-20-46)58(39-51)57-41-56(27-21-52(57)42-76)77-63-28-22-47(43-13-5-1-6-14-43)35-59(63)60-36-48(23-29-64(60)77)44-15-7-2-8-16-44/h1-41H. The van der Waals surface area contributed by atoms with Crippen LogP contribution in [0.15, 0.2) is 249 Å². The first-order valence-corrected chi connectivity index (χ1v) is 25.3. The zero-order valence-corrected chi connectivity index (χ0v) is 41.3. The number of halogens is 6. The van der Waals surface area contributed by atoms with Crippen LogP contribution in [0.1, 0.15) is 16.7 Å². The lowest BCUT2D eigenvalue weighted by Gasteiger charge is -2.19. The van der Waals surface area contributed by atoms with E-state index in [4.69, 9.17) is 0 Å². The Morgan fingerprint density at radius 2 is 0.654 bits per heavy atom. The topological polar surface area (TPSA) is 33.6 Å². The third-order valence-electron chi connectivity index (χ3n) is 14.8. The molecule has 78 heavy (non-hydrogen) atoms. The van der Waals surface area contributed by atoms with Crippen molar-refractivity contribution in [3.8, 4) is 84.2 Å². The number of nitrogens with zero attached hydrogens (tertiary/aromatic N) is 3. The molecule has 13 rings (SSSR count). The fourth-order valence-corrected chi connectivity index (χ4v) is 11.1. The molecule has 0 N–H and O–H groups in total. The molecular weight excluding hydrogens is 985 g/mol. The van der Waals surface area contributed by atoms with Gasteiger partial charge in [-0.25, -0.2) is 0 Å². The van der Waals surface area contributed by atoms with E-state index < -0.39 is 23.5 Å². The van der Waals surface area contributed by atoms with Gasteiger partial charge in [0.15, 0.2) is 0 Å². The fourth-order valence-electron chi connectivity index (χ4n) is 11.1. The molecular formula is C69H41F6N3. The van der Waals surface area contributed by atoms with Crippen LogP contribution in [0, 0.1) is 11.3 Å². The fraction of sp³-hybridized carbons (Fsp3) is 0.0290. The number of nitriles is 1. The van der Waals surface area contributed by atoms with E-state index in [-0.39, 0.29) is 22.8 Å². The molecule has 0 aliphatic rings. The van der Waals surface area contributed by atoms with Gasteiger partial charge < -0.3 is 9.13 Å². The maximum Gasteiger partial charge on any atom is 0.416 e. The molecule has 0 radical (unpaired) electrons. The van der Waals surface area contributed by atoms with Gasteiger partial charge in [0.25, 0.3) is 0 Å². The Kier molecular flexibility index (Phi) is 11.5. The van der Waals surface area contributed by atoms with Crippen LogP contribution in [0.4, 0.5) is 26.3 Å². The van der Waals surface area contributed by atoms with E-state index in [9.17, 15) is 31.6 Å². The van der Waals surface area contributed by atoms with Crippen molar-refractivity contribution < 1.29 is 26.3 Å². The average molecular weight is 1030 g/mol. The minimum atomic E-state index is -5.08. The molecule has 2 aromatic heterocycles. The first-order chi connectivity index (χ1) is 37.9. The van der Waals surface area contributed by atoms with Crippen molar-refractivity contribution in [1.82, 2.24) is 9.13 Å². The quantitative estimate of drug-likeness (QED) is 0.140. The van der Waals surface area contributed by atoms with Crippen LogP contribution in [0.2, 0.25) is 0 Å². The predicted molar refractivity (Wildman–Crippen MR) is 302 cm³/mol. The summed E-state index contributed by atoms with van der Waals surface area (Å²) in [6.45, 7) is 0. The summed E-state index contributed by atoms with van der Waals surface area (Å²) < 4.78 is 91.4. The molecule has 0 amide bonds. The van der Waals surface area contributed by atoms with Gasteiger partial charge in [0.1, 0.15) is 0 Å². The Bertz CT molecular complexity index is 4280. The highest BCUT2D eigenvalue weighted by molar-refractivity contribution is 6.13. The molecule has 0 unspecified atom stereocenters. The van der Waals surface area contributed by atoms with E-state index in [1.54, 1.807) is 24.3 Å². The average Bonchev–Trinajstić information content (AvgIpc) is 4.22. The highest BCUT2D eigenvalue weighted by atomic mass is 19.4. The normalized spacial score (nSPS) is 12.0. The van der Waals surface area contributed by atoms with Gasteiger partial charge in [-0.05, 0) is 153 Å². The third kappa shape index (κ3) is 8.44. The van der Waals surface area contributed by atoms with Gasteiger partial charge in [0, 0.05) is 38.4 Å². The summed E-state index contributed by atoms with van der Waals surface area (Å²) in [6.07, 6.45) is -10.2. The Morgan fingerprint density at radius 1 is 0.295 bits per heavy atom. The molecule has 9 heteroatoms. The van der Waals surface area contributed by atoms with Crippen molar-refractivity contribution in [2.24, 2.45) is 0 Å². The smallest absolute Gasteiger partial charge is 0.309 e. The minimum absolute atomic E-state index is 0.0943. The van der Waals surface area contributed by atoms with Crippen LogP contribution in [0.25, 0.3) is 122 Å². The highest BCUT2D eigenvalue weighted by Crippen LogP contribution is 2.45. The van der Waals surface area contributed by atoms with Gasteiger partial charge in [0.05, 0.1) is 50.5 Å². The maximum absolute atomic E-state index is 14.5. The van der Waals surface area contributed by atoms with Crippen LogP contribution in [0.3, 0.4) is 0 Å². The second-order valence-electron chi connectivity index (χ2n) is 19.4. The minimum Gasteiger partial charge on any atom is -0.309 e. The Balaban J connectivity index is 1.09. The summed E-state index contributed by atoms with van der Waals surface area (Å²) in [5.41, 5.74) is 10.7. The van der Waals surface area contributed by atoms with E-state index in [2.05, 4.69) is 88.0 Å². The molecule has 0 atom stereocenters. The molecule has 0 aliphatic carbocycles. The molecule has 13 aromatic rings. The Labute approximate surface area is 444 Å². The van der Waals surface area contributed by atoms with Crippen molar-refractivity contribution in [3.63, 3.8) is 0 Å². The summed E-state index contributed by atoms with van der Waals surface area (Å²) >= 11 is 0. The largest absolute Gasteiger partial charge is 0.416 e. The predicted octanol–water partition coefficient (Wildman–Crippen LogP) is 19.8. The summed E-state index contributed by atoms with van der Waals surface area (Å²) in [5.74, 6) is 0. The molecule has 0 spiro atoms. The molecule has 0 aliphatic heterocycles. The van der Waals surface area contributed by atoms with Crippen LogP contribution < -0.4 is 0 Å². The van der Waals surface area contributed by atoms with Crippen molar-refractivity contribution in [2.75, 3.05) is 0 Å². The first kappa shape index (κ1) is 47.8. The Morgan fingerprint density at radius 3 is 1.03 bits per heavy atom. The van der Waals surface area contributed by atoms with Gasteiger partial charge in [-0.15, -0.1) is 0 Å². The van der Waals surface area contributed by atoms with Crippen LogP contribution in [-0.4, -0.2) is 9.13 Å². The van der Waals surface area contributed by atoms with Crippen LogP contribution >= 0.6 is 0 Å². The van der Waals surface area contributed by atoms with Crippen molar-refractivity contribution in [2.45, 2.75) is 12.4 Å². The number of aromatic nitrogens is 2. The van der Waals surface area contributed by atoms with Crippen molar-refractivity contribution >= 4 is 43.6 Å². The third-order valence-corrected chi connectivity index (χ3v) is 14.8. The molecule has 3 nitrogen and oxygen atoms in total. The monoisotopic (exact) mass is 1030 g/mol. The van der Waals surface area contributed by atoms with Crippen molar-refractivity contribution in [3.05, 3.63) is 265 Å². The lowest BCUT2D eigenvalue weighted by atomic mass is 9.92. The maximum atomic E-state index is 14.5. The summed E-state index contributed by atoms with van der Waals surface area (Å²) in [7, 11) is 0. The Hall–Kier alpha value is -9.91. The second kappa shape index (κ2) is 18.7. The molecule has 11 aromatic carbocycles. The summed E-state index contributed by atoms with van der Waals surface area (Å²) in [4.78, 5) is 0. The molecule has 374 valence electrons. The van der Waals surface area contributed by atoms with Gasteiger partial charge in [-0.1, -0.05) is 152 Å². The number of benzene rings is 11. The molecule has 2 heterocycles. The van der Waals surface area contributed by atoms with E-state index >= 15 is 0 Å². The van der Waals surface area contributed by atoms with Crippen molar-refractivity contribution in [1.29, 1.82) is 5.26 Å².